The maximum atomic E-state index is 11.4. The van der Waals surface area contributed by atoms with Gasteiger partial charge in [0.1, 0.15) is 6.61 Å². The van der Waals surface area contributed by atoms with Crippen molar-refractivity contribution in [3.05, 3.63) is 0 Å². The molecule has 15 heavy (non-hydrogen) atoms. The van der Waals surface area contributed by atoms with Gasteiger partial charge in [0.05, 0.1) is 12.0 Å². The van der Waals surface area contributed by atoms with Crippen molar-refractivity contribution in [2.75, 3.05) is 19.7 Å². The van der Waals surface area contributed by atoms with E-state index in [1.54, 1.807) is 4.90 Å². The van der Waals surface area contributed by atoms with Crippen molar-refractivity contribution < 1.29 is 14.3 Å². The monoisotopic (exact) mass is 213 g/mol. The lowest BCUT2D eigenvalue weighted by Gasteiger charge is -2.19. The summed E-state index contributed by atoms with van der Waals surface area (Å²) in [6.45, 7) is 7.08. The van der Waals surface area contributed by atoms with Gasteiger partial charge >= 0.3 is 5.97 Å². The molecule has 4 heteroatoms. The fourth-order valence-electron chi connectivity index (χ4n) is 1.41. The summed E-state index contributed by atoms with van der Waals surface area (Å²) in [6.07, 6.45) is 1.55. The molecule has 1 aliphatic heterocycles. The van der Waals surface area contributed by atoms with E-state index < -0.39 is 5.41 Å². The van der Waals surface area contributed by atoms with Crippen LogP contribution in [0.2, 0.25) is 0 Å². The zero-order valence-corrected chi connectivity index (χ0v) is 9.71. The third-order valence-electron chi connectivity index (χ3n) is 2.38. The molecule has 1 amide bonds. The van der Waals surface area contributed by atoms with E-state index in [1.807, 2.05) is 20.8 Å². The number of hydrogen-bond donors (Lipinski definition) is 0. The summed E-state index contributed by atoms with van der Waals surface area (Å²) >= 11 is 0. The number of rotatable bonds is 3. The normalized spacial score (nSPS) is 17.0. The quantitative estimate of drug-likeness (QED) is 0.662. The minimum absolute atomic E-state index is 0.168. The van der Waals surface area contributed by atoms with Gasteiger partial charge in [-0.05, 0) is 27.2 Å². The molecule has 4 nitrogen and oxygen atoms in total. The molecule has 1 heterocycles. The van der Waals surface area contributed by atoms with Crippen molar-refractivity contribution in [3.8, 4) is 0 Å². The highest BCUT2D eigenvalue weighted by atomic mass is 16.5. The number of esters is 1. The Labute approximate surface area is 90.6 Å². The van der Waals surface area contributed by atoms with Gasteiger partial charge in [0.15, 0.2) is 0 Å². The number of amides is 1. The Bertz CT molecular complexity index is 255. The third kappa shape index (κ3) is 3.53. The molecule has 1 saturated heterocycles. The maximum Gasteiger partial charge on any atom is 0.311 e. The van der Waals surface area contributed by atoms with Crippen molar-refractivity contribution in [1.82, 2.24) is 4.90 Å². The zero-order valence-electron chi connectivity index (χ0n) is 9.71. The molecule has 1 aliphatic rings. The van der Waals surface area contributed by atoms with E-state index in [0.717, 1.165) is 13.0 Å². The number of carbonyl (C=O) groups excluding carboxylic acids is 2. The van der Waals surface area contributed by atoms with Gasteiger partial charge in [-0.25, -0.2) is 0 Å². The molecule has 0 aromatic heterocycles. The Morgan fingerprint density at radius 3 is 2.60 bits per heavy atom. The smallest absolute Gasteiger partial charge is 0.311 e. The van der Waals surface area contributed by atoms with Gasteiger partial charge in [0, 0.05) is 13.0 Å². The first-order chi connectivity index (χ1) is 6.91. The summed E-state index contributed by atoms with van der Waals surface area (Å²) in [4.78, 5) is 24.4. The van der Waals surface area contributed by atoms with Gasteiger partial charge in [-0.15, -0.1) is 0 Å². The van der Waals surface area contributed by atoms with Crippen LogP contribution in [0.15, 0.2) is 0 Å². The van der Waals surface area contributed by atoms with E-state index in [-0.39, 0.29) is 11.9 Å². The average molecular weight is 213 g/mol. The minimum Gasteiger partial charge on any atom is -0.463 e. The summed E-state index contributed by atoms with van der Waals surface area (Å²) in [5.41, 5.74) is -0.463. The Balaban J connectivity index is 2.22. The molecule has 0 atom stereocenters. The minimum atomic E-state index is -0.463. The number of nitrogens with zero attached hydrogens (tertiary/aromatic N) is 1. The molecular weight excluding hydrogens is 194 g/mol. The van der Waals surface area contributed by atoms with Gasteiger partial charge in [0.2, 0.25) is 5.91 Å². The molecule has 0 radical (unpaired) electrons. The van der Waals surface area contributed by atoms with Gasteiger partial charge < -0.3 is 9.64 Å². The van der Waals surface area contributed by atoms with Gasteiger partial charge in [-0.3, -0.25) is 9.59 Å². The summed E-state index contributed by atoms with van der Waals surface area (Å²) in [6, 6.07) is 0. The standard InChI is InChI=1S/C11H19NO3/c1-11(2,3)10(14)15-8-7-12-6-4-5-9(12)13/h4-8H2,1-3H3. The lowest BCUT2D eigenvalue weighted by molar-refractivity contribution is -0.154. The van der Waals surface area contributed by atoms with Gasteiger partial charge in [-0.2, -0.15) is 0 Å². The second-order valence-corrected chi connectivity index (χ2v) is 4.87. The van der Waals surface area contributed by atoms with Crippen LogP contribution in [0.4, 0.5) is 0 Å². The zero-order chi connectivity index (χ0) is 11.5. The molecular formula is C11H19NO3. The molecule has 86 valence electrons. The van der Waals surface area contributed by atoms with Crippen molar-refractivity contribution in [1.29, 1.82) is 0 Å². The number of carbonyl (C=O) groups is 2. The Morgan fingerprint density at radius 1 is 1.47 bits per heavy atom. The van der Waals surface area contributed by atoms with Crippen molar-refractivity contribution in [2.45, 2.75) is 33.6 Å². The number of hydrogen-bond acceptors (Lipinski definition) is 3. The molecule has 0 unspecified atom stereocenters. The Hall–Kier alpha value is -1.06. The van der Waals surface area contributed by atoms with Crippen molar-refractivity contribution >= 4 is 11.9 Å². The van der Waals surface area contributed by atoms with E-state index in [9.17, 15) is 9.59 Å². The maximum absolute atomic E-state index is 11.4. The van der Waals surface area contributed by atoms with Crippen LogP contribution in [-0.4, -0.2) is 36.5 Å². The number of likely N-dealkylation sites (tertiary alicyclic amines) is 1. The predicted molar refractivity (Wildman–Crippen MR) is 56.2 cm³/mol. The van der Waals surface area contributed by atoms with Crippen LogP contribution in [0, 0.1) is 5.41 Å². The van der Waals surface area contributed by atoms with Crippen LogP contribution < -0.4 is 0 Å². The molecule has 0 saturated carbocycles. The lowest BCUT2D eigenvalue weighted by Crippen LogP contribution is -2.31. The van der Waals surface area contributed by atoms with E-state index in [1.165, 1.54) is 0 Å². The molecule has 0 aromatic carbocycles. The fourth-order valence-corrected chi connectivity index (χ4v) is 1.41. The fraction of sp³-hybridized carbons (Fsp3) is 0.818. The van der Waals surface area contributed by atoms with E-state index >= 15 is 0 Å². The second kappa shape index (κ2) is 4.64. The summed E-state index contributed by atoms with van der Waals surface area (Å²) < 4.78 is 5.08. The lowest BCUT2D eigenvalue weighted by atomic mass is 9.97. The van der Waals surface area contributed by atoms with Crippen LogP contribution in [0.25, 0.3) is 0 Å². The first kappa shape index (κ1) is 12.0. The molecule has 1 rings (SSSR count). The SMILES string of the molecule is CC(C)(C)C(=O)OCCN1CCCC1=O. The summed E-state index contributed by atoms with van der Waals surface area (Å²) in [7, 11) is 0. The average Bonchev–Trinajstić information content (AvgIpc) is 2.50. The summed E-state index contributed by atoms with van der Waals surface area (Å²) in [5.74, 6) is -0.0454. The highest BCUT2D eigenvalue weighted by Crippen LogP contribution is 2.15. The van der Waals surface area contributed by atoms with E-state index in [2.05, 4.69) is 0 Å². The first-order valence-electron chi connectivity index (χ1n) is 5.36. The molecule has 0 N–H and O–H groups in total. The molecule has 0 aliphatic carbocycles. The molecule has 1 fully saturated rings. The van der Waals surface area contributed by atoms with E-state index in [0.29, 0.717) is 19.6 Å². The Morgan fingerprint density at radius 2 is 2.13 bits per heavy atom. The van der Waals surface area contributed by atoms with Crippen LogP contribution in [0.1, 0.15) is 33.6 Å². The van der Waals surface area contributed by atoms with Gasteiger partial charge in [0.25, 0.3) is 0 Å². The van der Waals surface area contributed by atoms with Crippen molar-refractivity contribution in [2.24, 2.45) is 5.41 Å². The molecule has 0 bridgehead atoms. The van der Waals surface area contributed by atoms with Crippen LogP contribution in [0.5, 0.6) is 0 Å². The highest BCUT2D eigenvalue weighted by molar-refractivity contribution is 5.78. The first-order valence-corrected chi connectivity index (χ1v) is 5.36. The largest absolute Gasteiger partial charge is 0.463 e. The topological polar surface area (TPSA) is 46.6 Å². The highest BCUT2D eigenvalue weighted by Gasteiger charge is 2.24. The van der Waals surface area contributed by atoms with Crippen molar-refractivity contribution in [3.63, 3.8) is 0 Å². The van der Waals surface area contributed by atoms with Gasteiger partial charge in [-0.1, -0.05) is 0 Å². The van der Waals surface area contributed by atoms with E-state index in [4.69, 9.17) is 4.74 Å². The second-order valence-electron chi connectivity index (χ2n) is 4.87. The third-order valence-corrected chi connectivity index (χ3v) is 2.38. The predicted octanol–water partition coefficient (Wildman–Crippen LogP) is 1.20. The Kier molecular flexibility index (Phi) is 3.72. The molecule has 0 spiro atoms. The summed E-state index contributed by atoms with van der Waals surface area (Å²) in [5, 5.41) is 0. The van der Waals surface area contributed by atoms with Crippen LogP contribution in [0.3, 0.4) is 0 Å². The van der Waals surface area contributed by atoms with Crippen LogP contribution in [-0.2, 0) is 14.3 Å². The molecule has 0 aromatic rings. The number of ether oxygens (including phenoxy) is 1. The van der Waals surface area contributed by atoms with Crippen LogP contribution >= 0.6 is 0 Å².